The number of amides is 4. The Balaban J connectivity index is 1.10. The zero-order valence-corrected chi connectivity index (χ0v) is 38.0. The second kappa shape index (κ2) is 21.9. The number of nitrogens with one attached hydrogen (secondary N) is 3. The molecule has 0 bridgehead atoms. The first-order valence-corrected chi connectivity index (χ1v) is 21.9. The van der Waals surface area contributed by atoms with E-state index >= 15 is 0 Å². The second-order valence-corrected chi connectivity index (χ2v) is 17.7. The van der Waals surface area contributed by atoms with Gasteiger partial charge in [-0.05, 0) is 72.2 Å². The van der Waals surface area contributed by atoms with Crippen LogP contribution in [0, 0.1) is 23.7 Å². The molecular weight excluding hydrogens is 907 g/mol. The van der Waals surface area contributed by atoms with Gasteiger partial charge in [0.25, 0.3) is 5.91 Å². The number of hydrogen-bond acceptors (Lipinski definition) is 10. The molecule has 0 aliphatic carbocycles. The van der Waals surface area contributed by atoms with E-state index in [4.69, 9.17) is 9.47 Å². The summed E-state index contributed by atoms with van der Waals surface area (Å²) in [7, 11) is 1.23. The summed E-state index contributed by atoms with van der Waals surface area (Å²) >= 11 is 1.54. The lowest BCUT2D eigenvalue weighted by Crippen LogP contribution is -2.57. The monoisotopic (exact) mass is 956 g/mol. The highest BCUT2D eigenvalue weighted by Gasteiger charge is 2.44. The highest BCUT2D eigenvalue weighted by Crippen LogP contribution is 2.39. The Kier molecular flexibility index (Phi) is 16.8. The number of aliphatic hydroxyl groups is 1. The van der Waals surface area contributed by atoms with Crippen LogP contribution in [0.15, 0.2) is 71.7 Å². The maximum atomic E-state index is 14.0. The van der Waals surface area contributed by atoms with Gasteiger partial charge in [-0.25, -0.2) is 4.98 Å². The lowest BCUT2D eigenvalue weighted by Gasteiger charge is -2.35. The van der Waals surface area contributed by atoms with Crippen LogP contribution in [0.2, 0.25) is 0 Å². The number of likely N-dealkylation sites (tertiary alicyclic amines) is 1. The second-order valence-electron chi connectivity index (χ2n) is 16.9. The number of thiazole rings is 1. The van der Waals surface area contributed by atoms with Gasteiger partial charge >= 0.3 is 12.4 Å². The number of rotatable bonds is 17. The number of carbonyl (C=O) groups excluding carboxylic acids is 4. The average Bonchev–Trinajstić information content (AvgIpc) is 3.89. The summed E-state index contributed by atoms with van der Waals surface area (Å²) in [6.07, 6.45) is -9.17. The first-order chi connectivity index (χ1) is 31.5. The summed E-state index contributed by atoms with van der Waals surface area (Å²) in [5.41, 5.74) is 0.221. The summed E-state index contributed by atoms with van der Waals surface area (Å²) in [6.45, 7) is 6.68. The molecule has 13 nitrogen and oxygen atoms in total. The zero-order chi connectivity index (χ0) is 49.3. The third-order valence-electron chi connectivity index (χ3n) is 10.8. The van der Waals surface area contributed by atoms with E-state index in [-0.39, 0.29) is 67.6 Å². The van der Waals surface area contributed by atoms with Gasteiger partial charge in [-0.15, -0.1) is 11.3 Å². The zero-order valence-electron chi connectivity index (χ0n) is 37.2. The van der Waals surface area contributed by atoms with E-state index in [2.05, 4.69) is 20.9 Å². The van der Waals surface area contributed by atoms with Crippen LogP contribution in [0.1, 0.15) is 80.0 Å². The number of alkyl halides is 6. The van der Waals surface area contributed by atoms with Crippen molar-refractivity contribution in [2.24, 2.45) is 5.41 Å². The Labute approximate surface area is 387 Å². The number of aromatic nitrogens is 1. The molecular formula is C47H50F6N6O7S. The molecule has 20 heteroatoms. The Morgan fingerprint density at radius 2 is 1.69 bits per heavy atom. The quantitative estimate of drug-likeness (QED) is 0.0356. The number of nitrogens with zero attached hydrogens (tertiary/aromatic N) is 3. The highest BCUT2D eigenvalue weighted by atomic mass is 32.1. The summed E-state index contributed by atoms with van der Waals surface area (Å²) in [4.78, 5) is 60.1. The van der Waals surface area contributed by atoms with Gasteiger partial charge in [0, 0.05) is 38.0 Å². The SMILES string of the molecule is COc1cc(/C=C(/C#N)C(=O)NCCCCC(=O)N[C@H](C(=O)N2C[C@H](O)C[C@H]2C(=O)NCc2ccc(-c3scnc3C)cc2)C(C)(C)C)ccc1OCc1ccc(C(F)(F)F)cc1C(F)(F)F. The fourth-order valence-corrected chi connectivity index (χ4v) is 8.04. The van der Waals surface area contributed by atoms with E-state index in [1.54, 1.807) is 32.4 Å². The largest absolute Gasteiger partial charge is 0.493 e. The molecule has 4 aromatic rings. The van der Waals surface area contributed by atoms with E-state index < -0.39 is 82.9 Å². The van der Waals surface area contributed by atoms with Gasteiger partial charge in [-0.1, -0.05) is 57.2 Å². The maximum Gasteiger partial charge on any atom is 0.416 e. The van der Waals surface area contributed by atoms with Crippen molar-refractivity contribution in [3.8, 4) is 28.0 Å². The van der Waals surface area contributed by atoms with Gasteiger partial charge in [0.1, 0.15) is 30.3 Å². The number of carbonyl (C=O) groups is 4. The van der Waals surface area contributed by atoms with Gasteiger partial charge in [-0.3, -0.25) is 19.2 Å². The Hall–Kier alpha value is -6.46. The number of benzene rings is 3. The number of hydrogen-bond donors (Lipinski definition) is 4. The predicted octanol–water partition coefficient (Wildman–Crippen LogP) is 7.75. The number of aryl methyl sites for hydroxylation is 1. The van der Waals surface area contributed by atoms with Crippen LogP contribution in [-0.2, 0) is 44.7 Å². The van der Waals surface area contributed by atoms with Crippen LogP contribution in [0.3, 0.4) is 0 Å². The van der Waals surface area contributed by atoms with Crippen molar-refractivity contribution in [1.29, 1.82) is 5.26 Å². The van der Waals surface area contributed by atoms with Crippen LogP contribution in [0.5, 0.6) is 11.5 Å². The Morgan fingerprint density at radius 1 is 0.970 bits per heavy atom. The lowest BCUT2D eigenvalue weighted by molar-refractivity contribution is -0.144. The summed E-state index contributed by atoms with van der Waals surface area (Å²) < 4.78 is 90.9. The smallest absolute Gasteiger partial charge is 0.416 e. The van der Waals surface area contributed by atoms with Crippen molar-refractivity contribution in [2.75, 3.05) is 20.2 Å². The molecule has 1 aliphatic heterocycles. The topological polar surface area (TPSA) is 183 Å². The van der Waals surface area contributed by atoms with Crippen LogP contribution >= 0.6 is 11.3 Å². The van der Waals surface area contributed by atoms with Crippen LogP contribution in [-0.4, -0.2) is 77.0 Å². The van der Waals surface area contributed by atoms with Crippen molar-refractivity contribution >= 4 is 41.0 Å². The molecule has 0 radical (unpaired) electrons. The number of halogens is 6. The number of nitriles is 1. The van der Waals surface area contributed by atoms with Crippen molar-refractivity contribution in [1.82, 2.24) is 25.8 Å². The van der Waals surface area contributed by atoms with E-state index in [9.17, 15) is 55.9 Å². The Bertz CT molecular complexity index is 2500. The fraction of sp³-hybridized carbons (Fsp3) is 0.404. The van der Waals surface area contributed by atoms with Crippen molar-refractivity contribution < 1.29 is 60.1 Å². The molecule has 358 valence electrons. The first-order valence-electron chi connectivity index (χ1n) is 21.0. The lowest BCUT2D eigenvalue weighted by atomic mass is 9.85. The molecule has 0 spiro atoms. The van der Waals surface area contributed by atoms with Gasteiger partial charge in [-0.2, -0.15) is 31.6 Å². The van der Waals surface area contributed by atoms with Gasteiger partial charge in [0.15, 0.2) is 11.5 Å². The van der Waals surface area contributed by atoms with Gasteiger partial charge < -0.3 is 35.4 Å². The molecule has 1 saturated heterocycles. The standard InChI is InChI=1S/C47H50F6N6O7S/c1-27-40(67-26-57-27)30-12-9-28(10-13-30)23-56-43(63)36-21-34(60)24-59(36)44(64)41(45(2,3)4)58-39(61)8-6-7-17-55-42(62)32(22-54)18-29-11-16-37(38(19-29)65-5)66-25-31-14-15-33(46(48,49)50)20-35(31)47(51,52)53/h9-16,18-20,26,34,36,41,60H,6-8,17,21,23-25H2,1-5H3,(H,55,62)(H,56,63)(H,58,61)/b32-18-/t34-,36+,41-/m1/s1. The normalized spacial score (nSPS) is 15.9. The van der Waals surface area contributed by atoms with E-state index in [1.807, 2.05) is 31.2 Å². The predicted molar refractivity (Wildman–Crippen MR) is 236 cm³/mol. The number of methoxy groups -OCH3 is 1. The third-order valence-corrected chi connectivity index (χ3v) is 11.8. The van der Waals surface area contributed by atoms with Crippen LogP contribution in [0.4, 0.5) is 26.3 Å². The molecule has 1 aromatic heterocycles. The molecule has 3 atom stereocenters. The number of ether oxygens (including phenoxy) is 2. The number of aliphatic hydroxyl groups excluding tert-OH is 1. The molecule has 1 fully saturated rings. The molecule has 4 amide bonds. The summed E-state index contributed by atoms with van der Waals surface area (Å²) in [5.74, 6) is -2.19. The minimum Gasteiger partial charge on any atom is -0.493 e. The molecule has 1 aliphatic rings. The molecule has 3 aromatic carbocycles. The Morgan fingerprint density at radius 3 is 2.30 bits per heavy atom. The third kappa shape index (κ3) is 13.8. The summed E-state index contributed by atoms with van der Waals surface area (Å²) in [6, 6.07) is 12.7. The minimum atomic E-state index is -5.09. The highest BCUT2D eigenvalue weighted by molar-refractivity contribution is 7.13. The van der Waals surface area contributed by atoms with Gasteiger partial charge in [0.05, 0.1) is 40.4 Å². The molecule has 67 heavy (non-hydrogen) atoms. The minimum absolute atomic E-state index is 0.000150. The number of β-amino-alcohol motifs (C(OH)–C–C–N with tert-alkyl or cyclic N) is 1. The van der Waals surface area contributed by atoms with Crippen molar-refractivity contribution in [3.05, 3.63) is 105 Å². The molecule has 0 saturated carbocycles. The first kappa shape index (κ1) is 51.5. The van der Waals surface area contributed by atoms with Gasteiger partial charge in [0.2, 0.25) is 17.7 Å². The molecule has 0 unspecified atom stereocenters. The fourth-order valence-electron chi connectivity index (χ4n) is 7.23. The van der Waals surface area contributed by atoms with Crippen LogP contribution < -0.4 is 25.4 Å². The van der Waals surface area contributed by atoms with Crippen molar-refractivity contribution in [3.63, 3.8) is 0 Å². The van der Waals surface area contributed by atoms with Crippen LogP contribution in [0.25, 0.3) is 16.5 Å². The average molecular weight is 957 g/mol. The number of unbranched alkanes of at least 4 members (excludes halogenated alkanes) is 1. The molecule has 2 heterocycles. The van der Waals surface area contributed by atoms with E-state index in [1.165, 1.54) is 47.6 Å². The summed E-state index contributed by atoms with van der Waals surface area (Å²) in [5, 5.41) is 28.5. The van der Waals surface area contributed by atoms with E-state index in [0.29, 0.717) is 18.6 Å². The molecule has 4 N–H and O–H groups in total. The van der Waals surface area contributed by atoms with Crippen molar-refractivity contribution in [2.45, 2.75) is 97.1 Å². The maximum absolute atomic E-state index is 14.0. The van der Waals surface area contributed by atoms with E-state index in [0.717, 1.165) is 21.7 Å². The molecule has 5 rings (SSSR count).